The minimum Gasteiger partial charge on any atom is -0.314 e. The maximum atomic E-state index is 4.84. The Morgan fingerprint density at radius 3 is 2.58 bits per heavy atom. The molecule has 2 atom stereocenters. The summed E-state index contributed by atoms with van der Waals surface area (Å²) in [5.74, 6) is 1.09. The van der Waals surface area contributed by atoms with Gasteiger partial charge in [-0.3, -0.25) is 0 Å². The molecule has 1 aromatic carbocycles. The summed E-state index contributed by atoms with van der Waals surface area (Å²) < 4.78 is 1.30. The Balaban J connectivity index is 2.27. The van der Waals surface area contributed by atoms with Crippen LogP contribution in [0.25, 0.3) is 10.2 Å². The maximum absolute atomic E-state index is 4.84. The second kappa shape index (κ2) is 6.49. The molecule has 1 heterocycles. The van der Waals surface area contributed by atoms with Crippen LogP contribution in [0.4, 0.5) is 0 Å². The number of nitrogens with one attached hydrogen (secondary N) is 1. The molecule has 2 unspecified atom stereocenters. The van der Waals surface area contributed by atoms with Crippen LogP contribution in [-0.4, -0.2) is 17.6 Å². The minimum absolute atomic E-state index is 0.473. The minimum atomic E-state index is 0.473. The highest BCUT2D eigenvalue weighted by Gasteiger charge is 2.25. The fourth-order valence-electron chi connectivity index (χ4n) is 2.61. The second-order valence-electron chi connectivity index (χ2n) is 5.53. The fourth-order valence-corrected chi connectivity index (χ4v) is 3.95. The summed E-state index contributed by atoms with van der Waals surface area (Å²) >= 11 is 1.84. The van der Waals surface area contributed by atoms with Crippen molar-refractivity contribution in [2.45, 2.75) is 46.1 Å². The van der Waals surface area contributed by atoms with Crippen LogP contribution in [0.5, 0.6) is 0 Å². The molecule has 0 amide bonds. The van der Waals surface area contributed by atoms with Crippen LogP contribution in [0, 0.1) is 5.92 Å². The number of para-hydroxylation sites is 1. The normalized spacial score (nSPS) is 15.0. The lowest BCUT2D eigenvalue weighted by Gasteiger charge is -2.26. The van der Waals surface area contributed by atoms with Gasteiger partial charge in [0, 0.05) is 12.0 Å². The number of benzene rings is 1. The lowest BCUT2D eigenvalue weighted by Crippen LogP contribution is -2.35. The van der Waals surface area contributed by atoms with Crippen LogP contribution in [0.1, 0.15) is 45.0 Å². The number of hydrogen-bond donors (Lipinski definition) is 1. The first kappa shape index (κ1) is 14.5. The summed E-state index contributed by atoms with van der Waals surface area (Å²) in [6.45, 7) is 10.2. The van der Waals surface area contributed by atoms with Gasteiger partial charge in [0.05, 0.1) is 15.2 Å². The van der Waals surface area contributed by atoms with Gasteiger partial charge in [0.1, 0.15) is 0 Å². The number of thiazole rings is 1. The van der Waals surface area contributed by atoms with Crippen LogP contribution in [0.2, 0.25) is 0 Å². The lowest BCUT2D eigenvalue weighted by atomic mass is 9.90. The molecule has 2 nitrogen and oxygen atoms in total. The highest BCUT2D eigenvalue weighted by Crippen LogP contribution is 2.33. The molecule has 2 rings (SSSR count). The predicted molar refractivity (Wildman–Crippen MR) is 85.0 cm³/mol. The largest absolute Gasteiger partial charge is 0.314 e. The molecular formula is C16H24N2S. The van der Waals surface area contributed by atoms with E-state index in [0.717, 1.165) is 12.1 Å². The maximum Gasteiger partial charge on any atom is 0.0987 e. The highest BCUT2D eigenvalue weighted by atomic mass is 32.1. The van der Waals surface area contributed by atoms with E-state index < -0.39 is 0 Å². The van der Waals surface area contributed by atoms with Gasteiger partial charge in [-0.1, -0.05) is 32.9 Å². The third kappa shape index (κ3) is 3.34. The average molecular weight is 276 g/mol. The quantitative estimate of drug-likeness (QED) is 0.844. The molecule has 2 aromatic rings. The number of rotatable bonds is 6. The monoisotopic (exact) mass is 276 g/mol. The zero-order valence-electron chi connectivity index (χ0n) is 12.3. The van der Waals surface area contributed by atoms with Crippen LogP contribution >= 0.6 is 11.3 Å². The first-order chi connectivity index (χ1) is 9.13. The van der Waals surface area contributed by atoms with Crippen molar-refractivity contribution in [3.05, 3.63) is 29.3 Å². The van der Waals surface area contributed by atoms with Crippen molar-refractivity contribution in [3.8, 4) is 0 Å². The molecule has 0 bridgehead atoms. The molecule has 104 valence electrons. The van der Waals surface area contributed by atoms with Crippen molar-refractivity contribution in [1.29, 1.82) is 0 Å². The molecule has 0 saturated heterocycles. The van der Waals surface area contributed by atoms with E-state index in [2.05, 4.69) is 57.3 Å². The number of aromatic nitrogens is 1. The standard InChI is InChI=1S/C16H24N2S/c1-5-10-17-12(4)15(11(2)3)16-18-13-8-6-7-9-14(13)19-16/h6-9,11-12,15,17H,5,10H2,1-4H3. The van der Waals surface area contributed by atoms with E-state index in [9.17, 15) is 0 Å². The fraction of sp³-hybridized carbons (Fsp3) is 0.562. The molecular weight excluding hydrogens is 252 g/mol. The molecule has 1 N–H and O–H groups in total. The van der Waals surface area contributed by atoms with Gasteiger partial charge in [0.25, 0.3) is 0 Å². The number of fused-ring (bicyclic) bond motifs is 1. The van der Waals surface area contributed by atoms with Crippen LogP contribution in [0.3, 0.4) is 0 Å². The third-order valence-corrected chi connectivity index (χ3v) is 4.71. The molecule has 0 aliphatic rings. The Morgan fingerprint density at radius 1 is 1.21 bits per heavy atom. The van der Waals surface area contributed by atoms with Crippen LogP contribution in [0.15, 0.2) is 24.3 Å². The van der Waals surface area contributed by atoms with Gasteiger partial charge in [0.2, 0.25) is 0 Å². The van der Waals surface area contributed by atoms with Gasteiger partial charge in [0.15, 0.2) is 0 Å². The average Bonchev–Trinajstić information content (AvgIpc) is 2.79. The molecule has 0 saturated carbocycles. The molecule has 0 aliphatic heterocycles. The first-order valence-corrected chi connectivity index (χ1v) is 8.04. The van der Waals surface area contributed by atoms with Crippen molar-refractivity contribution in [3.63, 3.8) is 0 Å². The van der Waals surface area contributed by atoms with Gasteiger partial charge in [-0.15, -0.1) is 11.3 Å². The van der Waals surface area contributed by atoms with Crippen molar-refractivity contribution in [2.75, 3.05) is 6.54 Å². The SMILES string of the molecule is CCCNC(C)C(c1nc2ccccc2s1)C(C)C. The smallest absolute Gasteiger partial charge is 0.0987 e. The predicted octanol–water partition coefficient (Wildman–Crippen LogP) is 4.42. The van der Waals surface area contributed by atoms with Crippen molar-refractivity contribution in [1.82, 2.24) is 10.3 Å². The first-order valence-electron chi connectivity index (χ1n) is 7.22. The van der Waals surface area contributed by atoms with E-state index in [1.807, 2.05) is 11.3 Å². The van der Waals surface area contributed by atoms with E-state index >= 15 is 0 Å². The summed E-state index contributed by atoms with van der Waals surface area (Å²) in [4.78, 5) is 4.84. The van der Waals surface area contributed by atoms with Crippen molar-refractivity contribution < 1.29 is 0 Å². The van der Waals surface area contributed by atoms with Crippen LogP contribution in [-0.2, 0) is 0 Å². The molecule has 0 aliphatic carbocycles. The van der Waals surface area contributed by atoms with E-state index in [4.69, 9.17) is 4.98 Å². The number of hydrogen-bond acceptors (Lipinski definition) is 3. The van der Waals surface area contributed by atoms with Gasteiger partial charge in [-0.2, -0.15) is 0 Å². The zero-order valence-corrected chi connectivity index (χ0v) is 13.1. The Morgan fingerprint density at radius 2 is 1.95 bits per heavy atom. The topological polar surface area (TPSA) is 24.9 Å². The zero-order chi connectivity index (χ0) is 13.8. The van der Waals surface area contributed by atoms with Crippen LogP contribution < -0.4 is 5.32 Å². The third-order valence-electron chi connectivity index (χ3n) is 3.57. The summed E-state index contributed by atoms with van der Waals surface area (Å²) in [6, 6.07) is 8.90. The molecule has 1 aromatic heterocycles. The van der Waals surface area contributed by atoms with E-state index in [1.54, 1.807) is 0 Å². The van der Waals surface area contributed by atoms with E-state index in [-0.39, 0.29) is 0 Å². The summed E-state index contributed by atoms with van der Waals surface area (Å²) in [5.41, 5.74) is 1.14. The number of nitrogens with zero attached hydrogens (tertiary/aromatic N) is 1. The van der Waals surface area contributed by atoms with Gasteiger partial charge in [-0.05, 0) is 37.9 Å². The Hall–Kier alpha value is -0.930. The molecule has 3 heteroatoms. The lowest BCUT2D eigenvalue weighted by molar-refractivity contribution is 0.377. The van der Waals surface area contributed by atoms with Gasteiger partial charge >= 0.3 is 0 Å². The molecule has 0 fully saturated rings. The van der Waals surface area contributed by atoms with Gasteiger partial charge < -0.3 is 5.32 Å². The summed E-state index contributed by atoms with van der Waals surface area (Å²) in [5, 5.41) is 4.89. The Bertz CT molecular complexity index is 485. The Labute approximate surface area is 120 Å². The second-order valence-corrected chi connectivity index (χ2v) is 6.59. The van der Waals surface area contributed by atoms with E-state index in [1.165, 1.54) is 16.1 Å². The highest BCUT2D eigenvalue weighted by molar-refractivity contribution is 7.18. The van der Waals surface area contributed by atoms with E-state index in [0.29, 0.717) is 17.9 Å². The van der Waals surface area contributed by atoms with Gasteiger partial charge in [-0.25, -0.2) is 4.98 Å². The molecule has 0 spiro atoms. The van der Waals surface area contributed by atoms with Crippen molar-refractivity contribution >= 4 is 21.6 Å². The Kier molecular flexibility index (Phi) is 4.94. The summed E-state index contributed by atoms with van der Waals surface area (Å²) in [7, 11) is 0. The van der Waals surface area contributed by atoms with Crippen molar-refractivity contribution in [2.24, 2.45) is 5.92 Å². The molecule has 19 heavy (non-hydrogen) atoms. The summed E-state index contributed by atoms with van der Waals surface area (Å²) in [6.07, 6.45) is 1.18. The molecule has 0 radical (unpaired) electrons.